The minimum absolute atomic E-state index is 0.00988. The van der Waals surface area contributed by atoms with Gasteiger partial charge in [-0.05, 0) is 35.4 Å². The maximum atomic E-state index is 12.2. The summed E-state index contributed by atoms with van der Waals surface area (Å²) in [5.41, 5.74) is 1.49. The molecule has 0 aliphatic rings. The van der Waals surface area contributed by atoms with Crippen LogP contribution < -0.4 is 4.74 Å². The number of hydrogen-bond acceptors (Lipinski definition) is 5. The van der Waals surface area contributed by atoms with Crippen LogP contribution in [0.5, 0.6) is 5.75 Å². The van der Waals surface area contributed by atoms with Crippen molar-refractivity contribution >= 4 is 17.7 Å². The number of aromatic carboxylic acids is 1. The Morgan fingerprint density at radius 2 is 1.63 bits per heavy atom. The first-order valence-corrected chi connectivity index (χ1v) is 8.31. The number of hydrogen-bond donors (Lipinski definition) is 1. The minimum atomic E-state index is -4.73. The van der Waals surface area contributed by atoms with Gasteiger partial charge in [-0.1, -0.05) is 41.2 Å². The smallest absolute Gasteiger partial charge is 0.476 e. The Bertz CT molecular complexity index is 954. The third kappa shape index (κ3) is 4.59. The molecule has 0 radical (unpaired) electrons. The van der Waals surface area contributed by atoms with Gasteiger partial charge in [-0.15, -0.1) is 18.3 Å². The molecule has 3 aromatic rings. The second kappa shape index (κ2) is 7.31. The van der Waals surface area contributed by atoms with E-state index in [1.54, 1.807) is 24.3 Å². The van der Waals surface area contributed by atoms with E-state index < -0.39 is 12.3 Å². The molecule has 2 aromatic carbocycles. The standard InChI is InChI=1S/C17H12F3N3O3S/c1-23-14(16(24)25)15(21-22-23)27-13-8-4-11(5-9-13)10-2-6-12(7-3-10)26-17(18,19)20/h2-9H,1H3,(H,24,25). The summed E-state index contributed by atoms with van der Waals surface area (Å²) >= 11 is 1.16. The van der Waals surface area contributed by atoms with Gasteiger partial charge in [0.1, 0.15) is 5.75 Å². The van der Waals surface area contributed by atoms with E-state index in [1.165, 1.54) is 36.0 Å². The highest BCUT2D eigenvalue weighted by atomic mass is 32.2. The molecule has 0 fully saturated rings. The normalized spacial score (nSPS) is 11.4. The second-order valence-corrected chi connectivity index (χ2v) is 6.43. The first-order chi connectivity index (χ1) is 12.7. The Morgan fingerprint density at radius 1 is 1.07 bits per heavy atom. The Kier molecular flexibility index (Phi) is 5.08. The Morgan fingerprint density at radius 3 is 2.15 bits per heavy atom. The highest BCUT2D eigenvalue weighted by Crippen LogP contribution is 2.31. The molecule has 0 aliphatic heterocycles. The molecule has 0 spiro atoms. The molecular formula is C17H12F3N3O3S. The largest absolute Gasteiger partial charge is 0.573 e. The summed E-state index contributed by atoms with van der Waals surface area (Å²) in [5.74, 6) is -1.41. The summed E-state index contributed by atoms with van der Waals surface area (Å²) < 4.78 is 41.6. The molecule has 0 saturated carbocycles. The molecule has 1 heterocycles. The van der Waals surface area contributed by atoms with Crippen molar-refractivity contribution in [3.05, 3.63) is 54.2 Å². The van der Waals surface area contributed by atoms with Crippen molar-refractivity contribution in [2.45, 2.75) is 16.3 Å². The summed E-state index contributed by atoms with van der Waals surface area (Å²) in [5, 5.41) is 17.0. The fourth-order valence-electron chi connectivity index (χ4n) is 2.31. The number of alkyl halides is 3. The van der Waals surface area contributed by atoms with Crippen LogP contribution in [-0.2, 0) is 7.05 Å². The zero-order chi connectivity index (χ0) is 19.6. The van der Waals surface area contributed by atoms with E-state index in [9.17, 15) is 23.1 Å². The molecular weight excluding hydrogens is 383 g/mol. The average Bonchev–Trinajstić information content (AvgIpc) is 2.95. The second-order valence-electron chi connectivity index (χ2n) is 5.37. The minimum Gasteiger partial charge on any atom is -0.476 e. The van der Waals surface area contributed by atoms with Gasteiger partial charge < -0.3 is 9.84 Å². The predicted molar refractivity (Wildman–Crippen MR) is 90.6 cm³/mol. The van der Waals surface area contributed by atoms with Gasteiger partial charge in [0.2, 0.25) is 0 Å². The van der Waals surface area contributed by atoms with Crippen LogP contribution in [0, 0.1) is 0 Å². The van der Waals surface area contributed by atoms with Gasteiger partial charge in [-0.2, -0.15) is 0 Å². The van der Waals surface area contributed by atoms with E-state index in [0.717, 1.165) is 22.2 Å². The van der Waals surface area contributed by atoms with Gasteiger partial charge in [-0.25, -0.2) is 9.48 Å². The first-order valence-electron chi connectivity index (χ1n) is 7.50. The van der Waals surface area contributed by atoms with Crippen LogP contribution in [0.1, 0.15) is 10.5 Å². The van der Waals surface area contributed by atoms with Crippen LogP contribution >= 0.6 is 11.8 Å². The number of aryl methyl sites for hydroxylation is 1. The molecule has 0 aliphatic carbocycles. The molecule has 27 heavy (non-hydrogen) atoms. The van der Waals surface area contributed by atoms with Crippen molar-refractivity contribution in [1.82, 2.24) is 15.0 Å². The zero-order valence-electron chi connectivity index (χ0n) is 13.8. The van der Waals surface area contributed by atoms with Crippen molar-refractivity contribution in [1.29, 1.82) is 0 Å². The van der Waals surface area contributed by atoms with Crippen LogP contribution in [-0.4, -0.2) is 32.4 Å². The maximum Gasteiger partial charge on any atom is 0.573 e. The van der Waals surface area contributed by atoms with Crippen LogP contribution in [0.2, 0.25) is 0 Å². The third-order valence-corrected chi connectivity index (χ3v) is 4.46. The molecule has 6 nitrogen and oxygen atoms in total. The average molecular weight is 395 g/mol. The summed E-state index contributed by atoms with van der Waals surface area (Å²) in [6.07, 6.45) is -4.73. The lowest BCUT2D eigenvalue weighted by Gasteiger charge is -2.09. The highest BCUT2D eigenvalue weighted by molar-refractivity contribution is 7.99. The zero-order valence-corrected chi connectivity index (χ0v) is 14.6. The molecule has 0 atom stereocenters. The van der Waals surface area contributed by atoms with Crippen molar-refractivity contribution in [3.8, 4) is 16.9 Å². The number of nitrogens with zero attached hydrogens (tertiary/aromatic N) is 3. The van der Waals surface area contributed by atoms with Gasteiger partial charge in [-0.3, -0.25) is 0 Å². The van der Waals surface area contributed by atoms with E-state index in [2.05, 4.69) is 15.0 Å². The number of carbonyl (C=O) groups is 1. The first kappa shape index (κ1) is 18.8. The van der Waals surface area contributed by atoms with Gasteiger partial charge in [0.15, 0.2) is 10.7 Å². The van der Waals surface area contributed by atoms with Gasteiger partial charge in [0.05, 0.1) is 0 Å². The van der Waals surface area contributed by atoms with Crippen molar-refractivity contribution in [2.24, 2.45) is 7.05 Å². The third-order valence-electron chi connectivity index (χ3n) is 3.49. The van der Waals surface area contributed by atoms with Crippen LogP contribution in [0.3, 0.4) is 0 Å². The highest BCUT2D eigenvalue weighted by Gasteiger charge is 2.30. The molecule has 1 aromatic heterocycles. The van der Waals surface area contributed by atoms with E-state index in [4.69, 9.17) is 0 Å². The predicted octanol–water partition coefficient (Wildman–Crippen LogP) is 4.23. The number of carboxylic acid groups (broad SMARTS) is 1. The summed E-state index contributed by atoms with van der Waals surface area (Å²) in [6, 6.07) is 12.6. The fourth-order valence-corrected chi connectivity index (χ4v) is 3.20. The van der Waals surface area contributed by atoms with Gasteiger partial charge in [0, 0.05) is 11.9 Å². The Labute approximate surface area is 155 Å². The SMILES string of the molecule is Cn1nnc(Sc2ccc(-c3ccc(OC(F)(F)F)cc3)cc2)c1C(=O)O. The van der Waals surface area contributed by atoms with E-state index >= 15 is 0 Å². The van der Waals surface area contributed by atoms with Crippen LogP contribution in [0.25, 0.3) is 11.1 Å². The van der Waals surface area contributed by atoms with Gasteiger partial charge in [0.25, 0.3) is 0 Å². The van der Waals surface area contributed by atoms with E-state index in [1.807, 2.05) is 0 Å². The molecule has 0 bridgehead atoms. The number of ether oxygens (including phenoxy) is 1. The topological polar surface area (TPSA) is 77.2 Å². The number of benzene rings is 2. The van der Waals surface area contributed by atoms with Crippen LogP contribution in [0.4, 0.5) is 13.2 Å². The van der Waals surface area contributed by atoms with Crippen LogP contribution in [0.15, 0.2) is 58.5 Å². The summed E-state index contributed by atoms with van der Waals surface area (Å²) in [4.78, 5) is 12.0. The molecule has 0 saturated heterocycles. The molecule has 1 N–H and O–H groups in total. The monoisotopic (exact) mass is 395 g/mol. The number of aromatic nitrogens is 3. The van der Waals surface area contributed by atoms with E-state index in [0.29, 0.717) is 5.56 Å². The Balaban J connectivity index is 1.75. The number of rotatable bonds is 5. The van der Waals surface area contributed by atoms with E-state index in [-0.39, 0.29) is 16.5 Å². The Hall–Kier alpha value is -3.01. The lowest BCUT2D eigenvalue weighted by Crippen LogP contribution is -2.16. The maximum absolute atomic E-state index is 12.2. The molecule has 0 unspecified atom stereocenters. The van der Waals surface area contributed by atoms with Gasteiger partial charge >= 0.3 is 12.3 Å². The van der Waals surface area contributed by atoms with Crippen molar-refractivity contribution in [2.75, 3.05) is 0 Å². The molecule has 0 amide bonds. The quantitative estimate of drug-likeness (QED) is 0.697. The number of carboxylic acids is 1. The lowest BCUT2D eigenvalue weighted by molar-refractivity contribution is -0.274. The molecule has 10 heteroatoms. The van der Waals surface area contributed by atoms with Crippen molar-refractivity contribution < 1.29 is 27.8 Å². The van der Waals surface area contributed by atoms with Crippen molar-refractivity contribution in [3.63, 3.8) is 0 Å². The lowest BCUT2D eigenvalue weighted by atomic mass is 10.1. The summed E-state index contributed by atoms with van der Waals surface area (Å²) in [6.45, 7) is 0. The number of halogens is 3. The molecule has 3 rings (SSSR count). The molecule has 140 valence electrons. The summed E-state index contributed by atoms with van der Waals surface area (Å²) in [7, 11) is 1.50. The fraction of sp³-hybridized carbons (Fsp3) is 0.118.